The largest absolute Gasteiger partial charge is 0.493 e. The van der Waals surface area contributed by atoms with E-state index in [4.69, 9.17) is 14.6 Å². The highest BCUT2D eigenvalue weighted by Crippen LogP contribution is 2.28. The molecule has 2 N–H and O–H groups in total. The van der Waals surface area contributed by atoms with Gasteiger partial charge in [0, 0.05) is 0 Å². The molecule has 2 aromatic carbocycles. The number of hydrazone groups is 1. The monoisotopic (exact) mass is 410 g/mol. The predicted octanol–water partition coefficient (Wildman–Crippen LogP) is 3.80. The fraction of sp³-hybridized carbons (Fsp3) is 0.0952. The molecule has 1 amide bonds. The summed E-state index contributed by atoms with van der Waals surface area (Å²) < 4.78 is 11.1. The molecule has 0 aliphatic rings. The molecule has 1 heterocycles. The summed E-state index contributed by atoms with van der Waals surface area (Å²) in [6.07, 6.45) is 1.52. The summed E-state index contributed by atoms with van der Waals surface area (Å²) in [4.78, 5) is 23.3. The molecule has 3 rings (SSSR count). The first-order chi connectivity index (χ1) is 14.1. The van der Waals surface area contributed by atoms with Gasteiger partial charge in [0.1, 0.15) is 6.61 Å². The summed E-state index contributed by atoms with van der Waals surface area (Å²) >= 11 is 1.34. The van der Waals surface area contributed by atoms with Crippen molar-refractivity contribution in [1.82, 2.24) is 5.43 Å². The molecule has 0 spiro atoms. The van der Waals surface area contributed by atoms with Crippen LogP contribution in [0.1, 0.15) is 31.2 Å². The Balaban J connectivity index is 1.61. The zero-order valence-electron chi connectivity index (χ0n) is 15.5. The van der Waals surface area contributed by atoms with E-state index in [1.807, 2.05) is 5.38 Å². The Bertz CT molecular complexity index is 1010. The van der Waals surface area contributed by atoms with Crippen molar-refractivity contribution in [2.75, 3.05) is 7.11 Å². The lowest BCUT2D eigenvalue weighted by Crippen LogP contribution is -2.16. The molecule has 0 unspecified atom stereocenters. The maximum absolute atomic E-state index is 11.9. The summed E-state index contributed by atoms with van der Waals surface area (Å²) in [7, 11) is 1.53. The SMILES string of the molecule is COc1cc(/C=N/NC(=O)c2cccs2)ccc1OCc1ccc(C(=O)O)cc1. The second-order valence-corrected chi connectivity index (χ2v) is 6.83. The molecule has 3 aromatic rings. The average Bonchev–Trinajstić information content (AvgIpc) is 3.28. The predicted molar refractivity (Wildman–Crippen MR) is 110 cm³/mol. The highest BCUT2D eigenvalue weighted by Gasteiger charge is 2.08. The van der Waals surface area contributed by atoms with Gasteiger partial charge in [-0.1, -0.05) is 18.2 Å². The molecule has 0 aliphatic heterocycles. The second kappa shape index (κ2) is 9.52. The number of benzene rings is 2. The molecule has 1 aromatic heterocycles. The van der Waals surface area contributed by atoms with Crippen molar-refractivity contribution in [3.8, 4) is 11.5 Å². The van der Waals surface area contributed by atoms with Crippen molar-refractivity contribution in [1.29, 1.82) is 0 Å². The molecule has 0 saturated carbocycles. The van der Waals surface area contributed by atoms with Crippen LogP contribution >= 0.6 is 11.3 Å². The minimum Gasteiger partial charge on any atom is -0.493 e. The van der Waals surface area contributed by atoms with Gasteiger partial charge in [0.2, 0.25) is 0 Å². The first kappa shape index (κ1) is 20.1. The van der Waals surface area contributed by atoms with Crippen LogP contribution in [-0.2, 0) is 6.61 Å². The van der Waals surface area contributed by atoms with Crippen LogP contribution < -0.4 is 14.9 Å². The Morgan fingerprint density at radius 1 is 1.14 bits per heavy atom. The summed E-state index contributed by atoms with van der Waals surface area (Å²) in [6, 6.07) is 15.3. The number of nitrogens with one attached hydrogen (secondary N) is 1. The van der Waals surface area contributed by atoms with Gasteiger partial charge in [-0.05, 0) is 52.9 Å². The van der Waals surface area contributed by atoms with Gasteiger partial charge in [-0.25, -0.2) is 10.2 Å². The third-order valence-corrected chi connectivity index (χ3v) is 4.78. The van der Waals surface area contributed by atoms with Crippen molar-refractivity contribution in [2.45, 2.75) is 6.61 Å². The van der Waals surface area contributed by atoms with E-state index in [1.54, 1.807) is 42.5 Å². The highest BCUT2D eigenvalue weighted by atomic mass is 32.1. The normalized spacial score (nSPS) is 10.7. The number of aromatic carboxylic acids is 1. The molecular weight excluding hydrogens is 392 g/mol. The third kappa shape index (κ3) is 5.43. The smallest absolute Gasteiger partial charge is 0.335 e. The van der Waals surface area contributed by atoms with Gasteiger partial charge in [0.05, 0.1) is 23.8 Å². The Morgan fingerprint density at radius 3 is 2.59 bits per heavy atom. The minimum atomic E-state index is -0.969. The van der Waals surface area contributed by atoms with Gasteiger partial charge in [-0.3, -0.25) is 4.79 Å². The van der Waals surface area contributed by atoms with Crippen LogP contribution in [0, 0.1) is 0 Å². The molecule has 29 heavy (non-hydrogen) atoms. The number of methoxy groups -OCH3 is 1. The van der Waals surface area contributed by atoms with Crippen LogP contribution in [0.3, 0.4) is 0 Å². The number of carboxylic acids is 1. The third-order valence-electron chi connectivity index (χ3n) is 3.91. The molecule has 0 fully saturated rings. The number of thiophene rings is 1. The zero-order chi connectivity index (χ0) is 20.6. The number of ether oxygens (including phenoxy) is 2. The van der Waals surface area contributed by atoms with Gasteiger partial charge >= 0.3 is 5.97 Å². The topological polar surface area (TPSA) is 97.2 Å². The molecule has 0 atom stereocenters. The minimum absolute atomic E-state index is 0.223. The van der Waals surface area contributed by atoms with Crippen molar-refractivity contribution in [2.24, 2.45) is 5.10 Å². The van der Waals surface area contributed by atoms with E-state index < -0.39 is 5.97 Å². The highest BCUT2D eigenvalue weighted by molar-refractivity contribution is 7.12. The fourth-order valence-electron chi connectivity index (χ4n) is 2.42. The number of hydrogen-bond donors (Lipinski definition) is 2. The van der Waals surface area contributed by atoms with E-state index in [-0.39, 0.29) is 18.1 Å². The Hall–Kier alpha value is -3.65. The summed E-state index contributed by atoms with van der Waals surface area (Å²) in [5, 5.41) is 14.7. The van der Waals surface area contributed by atoms with Gasteiger partial charge < -0.3 is 14.6 Å². The molecular formula is C21H18N2O5S. The van der Waals surface area contributed by atoms with Crippen molar-refractivity contribution in [3.63, 3.8) is 0 Å². The maximum Gasteiger partial charge on any atom is 0.335 e. The molecule has 0 saturated heterocycles. The molecule has 148 valence electrons. The van der Waals surface area contributed by atoms with E-state index in [1.165, 1.54) is 36.8 Å². The van der Waals surface area contributed by atoms with Gasteiger partial charge in [-0.15, -0.1) is 11.3 Å². The number of nitrogens with zero attached hydrogens (tertiary/aromatic N) is 1. The average molecular weight is 410 g/mol. The van der Waals surface area contributed by atoms with E-state index in [0.717, 1.165) is 11.1 Å². The molecule has 7 nitrogen and oxygen atoms in total. The van der Waals surface area contributed by atoms with E-state index in [2.05, 4.69) is 10.5 Å². The Morgan fingerprint density at radius 2 is 1.93 bits per heavy atom. The van der Waals surface area contributed by atoms with Gasteiger partial charge in [0.25, 0.3) is 5.91 Å². The molecule has 0 radical (unpaired) electrons. The summed E-state index contributed by atoms with van der Waals surface area (Å²) in [5.74, 6) is -0.185. The van der Waals surface area contributed by atoms with E-state index in [0.29, 0.717) is 16.4 Å². The Labute approximate surface area is 171 Å². The van der Waals surface area contributed by atoms with Crippen LogP contribution in [0.2, 0.25) is 0 Å². The summed E-state index contributed by atoms with van der Waals surface area (Å²) in [6.45, 7) is 0.264. The number of carbonyl (C=O) groups excluding carboxylic acids is 1. The van der Waals surface area contributed by atoms with Crippen LogP contribution in [0.5, 0.6) is 11.5 Å². The molecule has 0 bridgehead atoms. The molecule has 8 heteroatoms. The number of hydrogen-bond acceptors (Lipinski definition) is 6. The fourth-order valence-corrected chi connectivity index (χ4v) is 3.03. The number of carboxylic acid groups (broad SMARTS) is 1. The first-order valence-electron chi connectivity index (χ1n) is 8.57. The van der Waals surface area contributed by atoms with Gasteiger partial charge in [0.15, 0.2) is 11.5 Å². The molecule has 0 aliphatic carbocycles. The first-order valence-corrected chi connectivity index (χ1v) is 9.45. The quantitative estimate of drug-likeness (QED) is 0.435. The van der Waals surface area contributed by atoms with E-state index >= 15 is 0 Å². The van der Waals surface area contributed by atoms with E-state index in [9.17, 15) is 9.59 Å². The zero-order valence-corrected chi connectivity index (χ0v) is 16.3. The lowest BCUT2D eigenvalue weighted by atomic mass is 10.1. The Kier molecular flexibility index (Phi) is 6.59. The lowest BCUT2D eigenvalue weighted by molar-refractivity contribution is 0.0696. The van der Waals surface area contributed by atoms with Crippen molar-refractivity contribution in [3.05, 3.63) is 81.5 Å². The maximum atomic E-state index is 11.9. The van der Waals surface area contributed by atoms with Crippen LogP contribution in [-0.4, -0.2) is 30.3 Å². The van der Waals surface area contributed by atoms with Crippen molar-refractivity contribution < 1.29 is 24.2 Å². The lowest BCUT2D eigenvalue weighted by Gasteiger charge is -2.11. The second-order valence-electron chi connectivity index (χ2n) is 5.88. The number of rotatable bonds is 8. The van der Waals surface area contributed by atoms with Gasteiger partial charge in [-0.2, -0.15) is 5.10 Å². The van der Waals surface area contributed by atoms with Crippen LogP contribution in [0.25, 0.3) is 0 Å². The number of carbonyl (C=O) groups is 2. The summed E-state index contributed by atoms with van der Waals surface area (Å²) in [5.41, 5.74) is 4.26. The number of amides is 1. The van der Waals surface area contributed by atoms with Crippen LogP contribution in [0.15, 0.2) is 65.1 Å². The van der Waals surface area contributed by atoms with Crippen LogP contribution in [0.4, 0.5) is 0 Å². The standard InChI is InChI=1S/C21H18N2O5S/c1-27-18-11-15(12-22-23-20(24)19-3-2-10-29-19)6-9-17(18)28-13-14-4-7-16(8-5-14)21(25)26/h2-12H,13H2,1H3,(H,23,24)(H,25,26)/b22-12+. The van der Waals surface area contributed by atoms with Crippen molar-refractivity contribution >= 4 is 29.4 Å².